The van der Waals surface area contributed by atoms with Crippen molar-refractivity contribution < 1.29 is 13.3 Å². The van der Waals surface area contributed by atoms with Gasteiger partial charge in [0.2, 0.25) is 0 Å². The molecule has 9 aromatic carbocycles. The van der Waals surface area contributed by atoms with E-state index >= 15 is 0 Å². The van der Waals surface area contributed by atoms with Crippen molar-refractivity contribution in [2.75, 3.05) is 0 Å². The largest absolute Gasteiger partial charge is 0.456 e. The fourth-order valence-electron chi connectivity index (χ4n) is 9.27. The van der Waals surface area contributed by atoms with Gasteiger partial charge in [0.15, 0.2) is 17.5 Å². The van der Waals surface area contributed by atoms with Crippen LogP contribution in [-0.2, 0) is 0 Å². The first-order chi connectivity index (χ1) is 31.2. The number of para-hydroxylation sites is 2. The lowest BCUT2D eigenvalue weighted by Gasteiger charge is -2.11. The Hall–Kier alpha value is -8.61. The molecule has 0 saturated carbocycles. The molecular weight excluding hydrogens is 775 g/mol. The van der Waals surface area contributed by atoms with Crippen molar-refractivity contribution in [1.82, 2.24) is 15.0 Å². The lowest BCUT2D eigenvalue weighted by atomic mass is 9.91. The van der Waals surface area contributed by atoms with Crippen molar-refractivity contribution >= 4 is 65.8 Å². The Balaban J connectivity index is 1.09. The standard InChI is InChI=1S/C57H33N3O3/c1-3-14-34(15-4-1)35-28-30-37(31-29-35)56-58-55(36-16-5-2-6-17-36)59-57(60-56)43-22-13-27-50-53(43)45-33-38(39-20-11-25-48-51(39)41-18-7-9-23-46(41)61-48)32-44(54(45)63-50)40-21-12-26-49-52(40)42-19-8-10-24-47(42)62-49/h1-33H. The number of fused-ring (bicyclic) bond motifs is 9. The zero-order chi connectivity index (χ0) is 41.4. The molecule has 4 heterocycles. The Morgan fingerprint density at radius 3 is 1.35 bits per heavy atom. The molecule has 13 aromatic rings. The molecule has 4 aromatic heterocycles. The first-order valence-electron chi connectivity index (χ1n) is 21.0. The summed E-state index contributed by atoms with van der Waals surface area (Å²) >= 11 is 0. The summed E-state index contributed by atoms with van der Waals surface area (Å²) in [6.45, 7) is 0. The van der Waals surface area contributed by atoms with E-state index in [0.29, 0.717) is 17.5 Å². The zero-order valence-corrected chi connectivity index (χ0v) is 33.6. The lowest BCUT2D eigenvalue weighted by Crippen LogP contribution is -2.00. The molecule has 0 aliphatic carbocycles. The molecule has 0 spiro atoms. The molecule has 0 saturated heterocycles. The second-order valence-electron chi connectivity index (χ2n) is 15.9. The van der Waals surface area contributed by atoms with E-state index in [1.165, 1.54) is 0 Å². The van der Waals surface area contributed by atoms with Gasteiger partial charge in [0, 0.05) is 54.6 Å². The minimum Gasteiger partial charge on any atom is -0.456 e. The van der Waals surface area contributed by atoms with Gasteiger partial charge in [-0.1, -0.05) is 158 Å². The van der Waals surface area contributed by atoms with Crippen molar-refractivity contribution in [1.29, 1.82) is 0 Å². The van der Waals surface area contributed by atoms with Crippen LogP contribution < -0.4 is 0 Å². The molecule has 0 amide bonds. The number of rotatable bonds is 6. The molecule has 0 radical (unpaired) electrons. The van der Waals surface area contributed by atoms with E-state index in [2.05, 4.69) is 115 Å². The predicted molar refractivity (Wildman–Crippen MR) is 254 cm³/mol. The Morgan fingerprint density at radius 1 is 0.254 bits per heavy atom. The highest BCUT2D eigenvalue weighted by Crippen LogP contribution is 2.47. The van der Waals surface area contributed by atoms with Crippen LogP contribution in [-0.4, -0.2) is 15.0 Å². The number of hydrogen-bond acceptors (Lipinski definition) is 6. The molecule has 13 rings (SSSR count). The van der Waals surface area contributed by atoms with Crippen LogP contribution in [0.2, 0.25) is 0 Å². The molecule has 6 nitrogen and oxygen atoms in total. The maximum absolute atomic E-state index is 7.04. The van der Waals surface area contributed by atoms with Crippen LogP contribution in [0.15, 0.2) is 213 Å². The monoisotopic (exact) mass is 807 g/mol. The fraction of sp³-hybridized carbons (Fsp3) is 0. The summed E-state index contributed by atoms with van der Waals surface area (Å²) in [5.74, 6) is 1.73. The quantitative estimate of drug-likeness (QED) is 0.166. The maximum Gasteiger partial charge on any atom is 0.164 e. The fourth-order valence-corrected chi connectivity index (χ4v) is 9.27. The second-order valence-corrected chi connectivity index (χ2v) is 15.9. The van der Waals surface area contributed by atoms with Crippen LogP contribution in [0, 0.1) is 0 Å². The lowest BCUT2D eigenvalue weighted by molar-refractivity contribution is 0.668. The van der Waals surface area contributed by atoms with Crippen LogP contribution in [0.1, 0.15) is 0 Å². The van der Waals surface area contributed by atoms with Crippen molar-refractivity contribution in [3.8, 4) is 67.5 Å². The third kappa shape index (κ3) is 5.69. The Labute approximate surface area is 360 Å². The molecule has 0 unspecified atom stereocenters. The minimum absolute atomic E-state index is 0.553. The molecule has 294 valence electrons. The maximum atomic E-state index is 7.04. The highest BCUT2D eigenvalue weighted by molar-refractivity contribution is 6.21. The van der Waals surface area contributed by atoms with Gasteiger partial charge in [-0.2, -0.15) is 0 Å². The average molecular weight is 808 g/mol. The molecule has 6 heteroatoms. The van der Waals surface area contributed by atoms with Crippen molar-refractivity contribution in [2.45, 2.75) is 0 Å². The van der Waals surface area contributed by atoms with Gasteiger partial charge in [0.05, 0.1) is 0 Å². The first kappa shape index (κ1) is 35.2. The van der Waals surface area contributed by atoms with E-state index in [4.69, 9.17) is 28.2 Å². The topological polar surface area (TPSA) is 78.1 Å². The Bertz CT molecular complexity index is 3900. The van der Waals surface area contributed by atoms with Crippen LogP contribution in [0.3, 0.4) is 0 Å². The molecule has 0 aliphatic rings. The van der Waals surface area contributed by atoms with Gasteiger partial charge in [0.1, 0.15) is 33.5 Å². The van der Waals surface area contributed by atoms with Crippen LogP contribution in [0.4, 0.5) is 0 Å². The summed E-state index contributed by atoms with van der Waals surface area (Å²) in [6.07, 6.45) is 0. The number of aromatic nitrogens is 3. The summed E-state index contributed by atoms with van der Waals surface area (Å²) in [5.41, 5.74) is 13.8. The highest BCUT2D eigenvalue weighted by atomic mass is 16.3. The molecule has 63 heavy (non-hydrogen) atoms. The van der Waals surface area contributed by atoms with E-state index in [-0.39, 0.29) is 0 Å². The van der Waals surface area contributed by atoms with Crippen molar-refractivity contribution in [2.24, 2.45) is 0 Å². The van der Waals surface area contributed by atoms with Gasteiger partial charge in [-0.15, -0.1) is 0 Å². The number of hydrogen-bond donors (Lipinski definition) is 0. The third-order valence-corrected chi connectivity index (χ3v) is 12.2. The summed E-state index contributed by atoms with van der Waals surface area (Å²) in [6, 6.07) is 68.5. The molecule has 0 fully saturated rings. The highest BCUT2D eigenvalue weighted by Gasteiger charge is 2.24. The molecule has 0 atom stereocenters. The summed E-state index contributed by atoms with van der Waals surface area (Å²) < 4.78 is 19.9. The number of benzene rings is 9. The summed E-state index contributed by atoms with van der Waals surface area (Å²) in [7, 11) is 0. The van der Waals surface area contributed by atoms with E-state index in [0.717, 1.165) is 116 Å². The predicted octanol–water partition coefficient (Wildman–Crippen LogP) is 15.6. The van der Waals surface area contributed by atoms with E-state index in [9.17, 15) is 0 Å². The van der Waals surface area contributed by atoms with Gasteiger partial charge in [0.25, 0.3) is 0 Å². The normalized spacial score (nSPS) is 11.8. The Kier molecular flexibility index (Phi) is 7.80. The van der Waals surface area contributed by atoms with Gasteiger partial charge >= 0.3 is 0 Å². The molecule has 0 aliphatic heterocycles. The third-order valence-electron chi connectivity index (χ3n) is 12.2. The number of furan rings is 3. The minimum atomic E-state index is 0.553. The smallest absolute Gasteiger partial charge is 0.164 e. The average Bonchev–Trinajstić information content (AvgIpc) is 4.06. The molecule has 0 N–H and O–H groups in total. The Morgan fingerprint density at radius 2 is 0.698 bits per heavy atom. The summed E-state index contributed by atoms with van der Waals surface area (Å²) in [5, 5.41) is 6.06. The van der Waals surface area contributed by atoms with Gasteiger partial charge in [-0.05, 0) is 70.3 Å². The number of nitrogens with zero attached hydrogens (tertiary/aromatic N) is 3. The van der Waals surface area contributed by atoms with Crippen molar-refractivity contribution in [3.05, 3.63) is 200 Å². The molecule has 0 bridgehead atoms. The van der Waals surface area contributed by atoms with Crippen LogP contribution in [0.5, 0.6) is 0 Å². The van der Waals surface area contributed by atoms with E-state index in [1.807, 2.05) is 84.9 Å². The van der Waals surface area contributed by atoms with Crippen molar-refractivity contribution in [3.63, 3.8) is 0 Å². The van der Waals surface area contributed by atoms with Crippen LogP contribution in [0.25, 0.3) is 133 Å². The van der Waals surface area contributed by atoms with Gasteiger partial charge in [-0.25, -0.2) is 15.0 Å². The first-order valence-corrected chi connectivity index (χ1v) is 21.0. The summed E-state index contributed by atoms with van der Waals surface area (Å²) in [4.78, 5) is 15.5. The second kappa shape index (κ2) is 14.0. The van der Waals surface area contributed by atoms with Crippen LogP contribution >= 0.6 is 0 Å². The zero-order valence-electron chi connectivity index (χ0n) is 33.6. The van der Waals surface area contributed by atoms with E-state index in [1.54, 1.807) is 0 Å². The van der Waals surface area contributed by atoms with Gasteiger partial charge < -0.3 is 13.3 Å². The van der Waals surface area contributed by atoms with Gasteiger partial charge in [-0.3, -0.25) is 0 Å². The van der Waals surface area contributed by atoms with E-state index < -0.39 is 0 Å². The molecular formula is C57H33N3O3. The SMILES string of the molecule is c1ccc(-c2ccc(-c3nc(-c4ccccc4)nc(-c4cccc5oc6c(-c7cccc8oc9ccccc9c78)cc(-c7cccc8oc9ccccc9c78)cc6c45)n3)cc2)cc1.